The summed E-state index contributed by atoms with van der Waals surface area (Å²) in [6.45, 7) is 2.94. The van der Waals surface area contributed by atoms with Gasteiger partial charge in [-0.25, -0.2) is 0 Å². The lowest BCUT2D eigenvalue weighted by molar-refractivity contribution is -0.130. The molecule has 112 valence electrons. The first kappa shape index (κ1) is 15.1. The van der Waals surface area contributed by atoms with Crippen molar-refractivity contribution in [3.05, 3.63) is 35.9 Å². The average Bonchev–Trinajstić information content (AvgIpc) is 2.88. The van der Waals surface area contributed by atoms with E-state index in [1.54, 1.807) is 24.1 Å². The molecule has 21 heavy (non-hydrogen) atoms. The Labute approximate surface area is 124 Å². The minimum Gasteiger partial charge on any atom is -0.399 e. The summed E-state index contributed by atoms with van der Waals surface area (Å²) >= 11 is 0. The maximum Gasteiger partial charge on any atom is 0.246 e. The minimum atomic E-state index is -0.491. The molecule has 0 radical (unpaired) electrons. The summed E-state index contributed by atoms with van der Waals surface area (Å²) in [6, 6.07) is 7.34. The molecule has 1 aliphatic heterocycles. The molecule has 1 atom stereocenters. The number of hydrogen-bond donors (Lipinski definition) is 2. The zero-order valence-electron chi connectivity index (χ0n) is 12.4. The first-order valence-electron chi connectivity index (χ1n) is 6.99. The summed E-state index contributed by atoms with van der Waals surface area (Å²) in [5.74, 6) is -0.0948. The van der Waals surface area contributed by atoms with Crippen molar-refractivity contribution in [2.75, 3.05) is 25.9 Å². The smallest absolute Gasteiger partial charge is 0.246 e. The summed E-state index contributed by atoms with van der Waals surface area (Å²) in [7, 11) is 1.62. The third kappa shape index (κ3) is 3.42. The van der Waals surface area contributed by atoms with E-state index in [-0.39, 0.29) is 11.8 Å². The Kier molecular flexibility index (Phi) is 4.31. The average molecular weight is 287 g/mol. The lowest BCUT2D eigenvalue weighted by atomic mass is 9.89. The number of nitrogen functional groups attached to an aromatic ring is 1. The fraction of sp³-hybridized carbons (Fsp3) is 0.375. The Morgan fingerprint density at radius 3 is 2.86 bits per heavy atom. The number of anilines is 1. The predicted molar refractivity (Wildman–Crippen MR) is 83.3 cm³/mol. The summed E-state index contributed by atoms with van der Waals surface area (Å²) in [5, 5.41) is 2.66. The van der Waals surface area contributed by atoms with Crippen LogP contribution in [0, 0.1) is 5.41 Å². The molecule has 0 aliphatic carbocycles. The van der Waals surface area contributed by atoms with Crippen LogP contribution in [0.25, 0.3) is 6.08 Å². The highest BCUT2D eigenvalue weighted by Gasteiger charge is 2.40. The number of likely N-dealkylation sites (tertiary alicyclic amines) is 1. The lowest BCUT2D eigenvalue weighted by Gasteiger charge is -2.22. The Hall–Kier alpha value is -2.30. The molecule has 1 unspecified atom stereocenters. The normalized spacial score (nSPS) is 21.7. The van der Waals surface area contributed by atoms with Gasteiger partial charge in [-0.1, -0.05) is 12.1 Å². The van der Waals surface area contributed by atoms with Crippen LogP contribution < -0.4 is 11.1 Å². The number of carbonyl (C=O) groups is 2. The van der Waals surface area contributed by atoms with Crippen molar-refractivity contribution >= 4 is 23.6 Å². The van der Waals surface area contributed by atoms with E-state index in [4.69, 9.17) is 5.73 Å². The van der Waals surface area contributed by atoms with Crippen LogP contribution in [0.4, 0.5) is 5.69 Å². The van der Waals surface area contributed by atoms with Gasteiger partial charge in [-0.15, -0.1) is 0 Å². The van der Waals surface area contributed by atoms with E-state index >= 15 is 0 Å². The standard InChI is InChI=1S/C16H21N3O2/c1-16(15(21)18-2)8-9-19(11-16)14(20)7-6-12-4-3-5-13(17)10-12/h3-7,10H,8-9,11,17H2,1-2H3,(H,18,21)/b7-6+. The van der Waals surface area contributed by atoms with Gasteiger partial charge in [-0.05, 0) is 37.1 Å². The summed E-state index contributed by atoms with van der Waals surface area (Å²) in [6.07, 6.45) is 3.96. The van der Waals surface area contributed by atoms with E-state index in [9.17, 15) is 9.59 Å². The highest BCUT2D eigenvalue weighted by Crippen LogP contribution is 2.30. The molecule has 1 aliphatic rings. The zero-order chi connectivity index (χ0) is 15.5. The van der Waals surface area contributed by atoms with Gasteiger partial charge < -0.3 is 16.0 Å². The maximum absolute atomic E-state index is 12.2. The number of benzene rings is 1. The second-order valence-corrected chi connectivity index (χ2v) is 5.65. The summed E-state index contributed by atoms with van der Waals surface area (Å²) in [5.41, 5.74) is 6.76. The van der Waals surface area contributed by atoms with E-state index in [0.717, 1.165) is 5.56 Å². The van der Waals surface area contributed by atoms with Gasteiger partial charge in [0.05, 0.1) is 5.41 Å². The van der Waals surface area contributed by atoms with Gasteiger partial charge in [-0.3, -0.25) is 9.59 Å². The van der Waals surface area contributed by atoms with Gasteiger partial charge in [0, 0.05) is 31.9 Å². The molecule has 1 saturated heterocycles. The van der Waals surface area contributed by atoms with Crippen LogP contribution in [0.1, 0.15) is 18.9 Å². The van der Waals surface area contributed by atoms with Crippen molar-refractivity contribution < 1.29 is 9.59 Å². The fourth-order valence-electron chi connectivity index (χ4n) is 2.57. The number of carbonyl (C=O) groups excluding carboxylic acids is 2. The number of nitrogens with two attached hydrogens (primary N) is 1. The first-order chi connectivity index (χ1) is 9.94. The van der Waals surface area contributed by atoms with Crippen molar-refractivity contribution in [2.45, 2.75) is 13.3 Å². The van der Waals surface area contributed by atoms with Crippen molar-refractivity contribution in [3.8, 4) is 0 Å². The van der Waals surface area contributed by atoms with Gasteiger partial charge in [0.1, 0.15) is 0 Å². The van der Waals surface area contributed by atoms with Crippen LogP contribution in [-0.4, -0.2) is 36.9 Å². The van der Waals surface area contributed by atoms with Gasteiger partial charge in [0.25, 0.3) is 0 Å². The molecule has 5 heteroatoms. The first-order valence-corrected chi connectivity index (χ1v) is 6.99. The summed E-state index contributed by atoms with van der Waals surface area (Å²) in [4.78, 5) is 25.7. The van der Waals surface area contributed by atoms with E-state index in [1.165, 1.54) is 6.08 Å². The monoisotopic (exact) mass is 287 g/mol. The van der Waals surface area contributed by atoms with Crippen LogP contribution >= 0.6 is 0 Å². The molecular weight excluding hydrogens is 266 g/mol. The largest absolute Gasteiger partial charge is 0.399 e. The lowest BCUT2D eigenvalue weighted by Crippen LogP contribution is -2.40. The molecule has 3 N–H and O–H groups in total. The van der Waals surface area contributed by atoms with E-state index in [2.05, 4.69) is 5.32 Å². The topological polar surface area (TPSA) is 75.4 Å². The second-order valence-electron chi connectivity index (χ2n) is 5.65. The highest BCUT2D eigenvalue weighted by atomic mass is 16.2. The highest BCUT2D eigenvalue weighted by molar-refractivity contribution is 5.93. The molecule has 5 nitrogen and oxygen atoms in total. The fourth-order valence-corrected chi connectivity index (χ4v) is 2.57. The van der Waals surface area contributed by atoms with Crippen molar-refractivity contribution in [3.63, 3.8) is 0 Å². The molecule has 1 heterocycles. The van der Waals surface area contributed by atoms with E-state index in [1.807, 2.05) is 25.1 Å². The Bertz CT molecular complexity index is 583. The van der Waals surface area contributed by atoms with E-state index in [0.29, 0.717) is 25.2 Å². The minimum absolute atomic E-state index is 0.0161. The number of rotatable bonds is 3. The maximum atomic E-state index is 12.2. The number of amides is 2. The molecule has 0 aromatic heterocycles. The van der Waals surface area contributed by atoms with Crippen LogP contribution in [0.5, 0.6) is 0 Å². The second kappa shape index (κ2) is 5.99. The van der Waals surface area contributed by atoms with Gasteiger partial charge in [-0.2, -0.15) is 0 Å². The van der Waals surface area contributed by atoms with Gasteiger partial charge >= 0.3 is 0 Å². The zero-order valence-corrected chi connectivity index (χ0v) is 12.4. The van der Waals surface area contributed by atoms with Crippen LogP contribution in [0.2, 0.25) is 0 Å². The van der Waals surface area contributed by atoms with Gasteiger partial charge in [0.2, 0.25) is 11.8 Å². The third-order valence-electron chi connectivity index (χ3n) is 3.89. The number of nitrogens with one attached hydrogen (secondary N) is 1. The number of nitrogens with zero attached hydrogens (tertiary/aromatic N) is 1. The van der Waals surface area contributed by atoms with E-state index < -0.39 is 5.41 Å². The molecule has 1 aromatic carbocycles. The van der Waals surface area contributed by atoms with Crippen molar-refractivity contribution in [1.29, 1.82) is 0 Å². The van der Waals surface area contributed by atoms with Crippen molar-refractivity contribution in [2.24, 2.45) is 5.41 Å². The molecule has 0 saturated carbocycles. The van der Waals surface area contributed by atoms with Crippen LogP contribution in [0.15, 0.2) is 30.3 Å². The molecule has 1 aromatic rings. The van der Waals surface area contributed by atoms with Crippen LogP contribution in [0.3, 0.4) is 0 Å². The Balaban J connectivity index is 2.01. The third-order valence-corrected chi connectivity index (χ3v) is 3.89. The molecular formula is C16H21N3O2. The van der Waals surface area contributed by atoms with Gasteiger partial charge in [0.15, 0.2) is 0 Å². The molecule has 2 rings (SSSR count). The SMILES string of the molecule is CNC(=O)C1(C)CCN(C(=O)/C=C/c2cccc(N)c2)C1. The quantitative estimate of drug-likeness (QED) is 0.649. The van der Waals surface area contributed by atoms with Crippen molar-refractivity contribution in [1.82, 2.24) is 10.2 Å². The molecule has 0 spiro atoms. The Morgan fingerprint density at radius 1 is 1.43 bits per heavy atom. The molecule has 1 fully saturated rings. The molecule has 0 bridgehead atoms. The van der Waals surface area contributed by atoms with Crippen LogP contribution in [-0.2, 0) is 9.59 Å². The molecule has 2 amide bonds. The predicted octanol–water partition coefficient (Wildman–Crippen LogP) is 1.27. The Morgan fingerprint density at radius 2 is 2.19 bits per heavy atom. The number of hydrogen-bond acceptors (Lipinski definition) is 3. The summed E-state index contributed by atoms with van der Waals surface area (Å²) < 4.78 is 0.